The highest BCUT2D eigenvalue weighted by Crippen LogP contribution is 2.30. The molecule has 3 rings (SSSR count). The van der Waals surface area contributed by atoms with Crippen LogP contribution in [0.4, 0.5) is 0 Å². The van der Waals surface area contributed by atoms with Gasteiger partial charge in [-0.05, 0) is 76.0 Å². The molecule has 0 aliphatic carbocycles. The van der Waals surface area contributed by atoms with E-state index in [1.807, 2.05) is 42.5 Å². The van der Waals surface area contributed by atoms with Crippen molar-refractivity contribution in [1.82, 2.24) is 4.90 Å². The number of carbonyl (C=O) groups is 1. The Kier molecular flexibility index (Phi) is 8.88. The van der Waals surface area contributed by atoms with Crippen LogP contribution in [0.3, 0.4) is 0 Å². The maximum Gasteiger partial charge on any atom is 0.338 e. The fourth-order valence-corrected chi connectivity index (χ4v) is 4.21. The zero-order valence-corrected chi connectivity index (χ0v) is 23.8. The standard InChI is InChI=1S/C35H39NO2/c1-10-25-16-26(11-2)18-29(17-25)23-36(9)22-27-12-14-28(15-13-27)24-38-33(37)30-19-31(34(3,4)5)21-32(20-30)35(6,7)8/h1-2,12-21H,22-24H2,3-9H3. The minimum absolute atomic E-state index is 0.0625. The summed E-state index contributed by atoms with van der Waals surface area (Å²) in [7, 11) is 2.06. The molecule has 0 aliphatic rings. The fourth-order valence-electron chi connectivity index (χ4n) is 4.21. The second kappa shape index (κ2) is 11.7. The molecule has 0 heterocycles. The third-order valence-electron chi connectivity index (χ3n) is 6.52. The monoisotopic (exact) mass is 505 g/mol. The minimum atomic E-state index is -0.300. The number of esters is 1. The van der Waals surface area contributed by atoms with E-state index < -0.39 is 0 Å². The lowest BCUT2D eigenvalue weighted by molar-refractivity contribution is 0.0472. The quantitative estimate of drug-likeness (QED) is 0.250. The molecular weight excluding hydrogens is 466 g/mol. The molecule has 0 unspecified atom stereocenters. The summed E-state index contributed by atoms with van der Waals surface area (Å²) in [6.45, 7) is 14.7. The molecule has 0 aromatic heterocycles. The summed E-state index contributed by atoms with van der Waals surface area (Å²) >= 11 is 0. The van der Waals surface area contributed by atoms with Crippen LogP contribution in [0.2, 0.25) is 0 Å². The summed E-state index contributed by atoms with van der Waals surface area (Å²) in [4.78, 5) is 15.2. The number of hydrogen-bond acceptors (Lipinski definition) is 3. The second-order valence-corrected chi connectivity index (χ2v) is 12.1. The lowest BCUT2D eigenvalue weighted by atomic mass is 9.79. The number of benzene rings is 3. The number of hydrogen-bond donors (Lipinski definition) is 0. The molecule has 0 saturated carbocycles. The van der Waals surface area contributed by atoms with Gasteiger partial charge in [0.2, 0.25) is 0 Å². The summed E-state index contributed by atoms with van der Waals surface area (Å²) in [5.41, 5.74) is 7.53. The Bertz CT molecular complexity index is 1310. The lowest BCUT2D eigenvalue weighted by Crippen LogP contribution is -2.18. The molecule has 3 aromatic rings. The zero-order chi connectivity index (χ0) is 28.1. The van der Waals surface area contributed by atoms with Gasteiger partial charge in [-0.3, -0.25) is 4.90 Å². The largest absolute Gasteiger partial charge is 0.457 e. The molecule has 0 fully saturated rings. The van der Waals surface area contributed by atoms with Gasteiger partial charge in [-0.1, -0.05) is 83.7 Å². The average Bonchev–Trinajstić information content (AvgIpc) is 2.86. The van der Waals surface area contributed by atoms with E-state index in [-0.39, 0.29) is 23.4 Å². The number of ether oxygens (including phenoxy) is 1. The Morgan fingerprint density at radius 1 is 0.737 bits per heavy atom. The van der Waals surface area contributed by atoms with E-state index in [1.165, 1.54) is 5.56 Å². The predicted molar refractivity (Wildman–Crippen MR) is 157 cm³/mol. The Balaban J connectivity index is 1.63. The normalized spacial score (nSPS) is 11.6. The summed E-state index contributed by atoms with van der Waals surface area (Å²) in [6, 6.07) is 20.1. The van der Waals surface area contributed by atoms with Crippen LogP contribution in [-0.2, 0) is 35.3 Å². The highest BCUT2D eigenvalue weighted by atomic mass is 16.5. The molecule has 38 heavy (non-hydrogen) atoms. The molecule has 196 valence electrons. The van der Waals surface area contributed by atoms with E-state index in [4.69, 9.17) is 17.6 Å². The van der Waals surface area contributed by atoms with Crippen molar-refractivity contribution in [3.8, 4) is 24.7 Å². The molecule has 0 aliphatic heterocycles. The molecule has 0 bridgehead atoms. The average molecular weight is 506 g/mol. The smallest absolute Gasteiger partial charge is 0.338 e. The first-order chi connectivity index (χ1) is 17.8. The van der Waals surface area contributed by atoms with Gasteiger partial charge < -0.3 is 4.74 Å². The van der Waals surface area contributed by atoms with E-state index in [0.717, 1.165) is 46.5 Å². The highest BCUT2D eigenvalue weighted by Gasteiger charge is 2.22. The highest BCUT2D eigenvalue weighted by molar-refractivity contribution is 5.90. The first-order valence-electron chi connectivity index (χ1n) is 13.0. The van der Waals surface area contributed by atoms with Gasteiger partial charge in [0.1, 0.15) is 6.61 Å². The molecule has 0 amide bonds. The van der Waals surface area contributed by atoms with Crippen LogP contribution in [0.5, 0.6) is 0 Å². The van der Waals surface area contributed by atoms with E-state index >= 15 is 0 Å². The topological polar surface area (TPSA) is 29.5 Å². The summed E-state index contributed by atoms with van der Waals surface area (Å²) in [6.07, 6.45) is 11.1. The van der Waals surface area contributed by atoms with E-state index in [9.17, 15) is 4.79 Å². The maximum atomic E-state index is 13.0. The molecule has 0 N–H and O–H groups in total. The van der Waals surface area contributed by atoms with Gasteiger partial charge in [0.15, 0.2) is 0 Å². The van der Waals surface area contributed by atoms with Crippen molar-refractivity contribution in [2.75, 3.05) is 7.05 Å². The van der Waals surface area contributed by atoms with Crippen molar-refractivity contribution in [1.29, 1.82) is 0 Å². The third-order valence-corrected chi connectivity index (χ3v) is 6.52. The molecule has 0 spiro atoms. The Hall–Kier alpha value is -3.79. The Morgan fingerprint density at radius 2 is 1.21 bits per heavy atom. The molecule has 3 heteroatoms. The summed E-state index contributed by atoms with van der Waals surface area (Å²) < 4.78 is 5.71. The second-order valence-electron chi connectivity index (χ2n) is 12.1. The Labute approximate surface area is 229 Å². The maximum absolute atomic E-state index is 13.0. The van der Waals surface area contributed by atoms with Crippen LogP contribution in [0.25, 0.3) is 0 Å². The molecular formula is C35H39NO2. The van der Waals surface area contributed by atoms with Gasteiger partial charge in [0.05, 0.1) is 5.56 Å². The summed E-state index contributed by atoms with van der Waals surface area (Å²) in [5.74, 6) is 5.04. The number of carbonyl (C=O) groups excluding carboxylic acids is 1. The van der Waals surface area contributed by atoms with Crippen molar-refractivity contribution in [2.24, 2.45) is 0 Å². The van der Waals surface area contributed by atoms with Crippen molar-refractivity contribution in [3.05, 3.63) is 105 Å². The fraction of sp³-hybridized carbons (Fsp3) is 0.343. The van der Waals surface area contributed by atoms with E-state index in [1.54, 1.807) is 0 Å². The summed E-state index contributed by atoms with van der Waals surface area (Å²) in [5, 5.41) is 0. The van der Waals surface area contributed by atoms with Crippen molar-refractivity contribution < 1.29 is 9.53 Å². The number of terminal acetylenes is 2. The van der Waals surface area contributed by atoms with Gasteiger partial charge in [-0.15, -0.1) is 12.8 Å². The minimum Gasteiger partial charge on any atom is -0.457 e. The van der Waals surface area contributed by atoms with Crippen LogP contribution >= 0.6 is 0 Å². The number of rotatable bonds is 7. The lowest BCUT2D eigenvalue weighted by Gasteiger charge is -2.25. The first-order valence-corrected chi connectivity index (χ1v) is 13.0. The molecule has 0 saturated heterocycles. The van der Waals surface area contributed by atoms with Crippen LogP contribution in [0.15, 0.2) is 60.7 Å². The van der Waals surface area contributed by atoms with Crippen LogP contribution < -0.4 is 0 Å². The molecule has 0 radical (unpaired) electrons. The van der Waals surface area contributed by atoms with Gasteiger partial charge in [-0.25, -0.2) is 4.79 Å². The SMILES string of the molecule is C#Cc1cc(C#C)cc(CN(C)Cc2ccc(COC(=O)c3cc(C(C)(C)C)cc(C(C)(C)C)c3)cc2)c1. The van der Waals surface area contributed by atoms with E-state index in [0.29, 0.717) is 5.56 Å². The van der Waals surface area contributed by atoms with Crippen LogP contribution in [0.1, 0.15) is 90.8 Å². The van der Waals surface area contributed by atoms with Gasteiger partial charge in [0.25, 0.3) is 0 Å². The molecule has 3 aromatic carbocycles. The van der Waals surface area contributed by atoms with Crippen molar-refractivity contribution in [2.45, 2.75) is 72.1 Å². The zero-order valence-electron chi connectivity index (χ0n) is 23.8. The van der Waals surface area contributed by atoms with Crippen LogP contribution in [0, 0.1) is 24.7 Å². The molecule has 3 nitrogen and oxygen atoms in total. The molecule has 0 atom stereocenters. The van der Waals surface area contributed by atoms with Gasteiger partial charge >= 0.3 is 5.97 Å². The van der Waals surface area contributed by atoms with Gasteiger partial charge in [0, 0.05) is 24.2 Å². The van der Waals surface area contributed by atoms with E-state index in [2.05, 4.69) is 83.5 Å². The number of nitrogens with zero attached hydrogens (tertiary/aromatic N) is 1. The Morgan fingerprint density at radius 3 is 1.68 bits per heavy atom. The van der Waals surface area contributed by atoms with Crippen molar-refractivity contribution in [3.63, 3.8) is 0 Å². The first kappa shape index (κ1) is 28.8. The van der Waals surface area contributed by atoms with Gasteiger partial charge in [-0.2, -0.15) is 0 Å². The van der Waals surface area contributed by atoms with Crippen LogP contribution in [-0.4, -0.2) is 17.9 Å². The van der Waals surface area contributed by atoms with Crippen molar-refractivity contribution >= 4 is 5.97 Å². The third kappa shape index (κ3) is 7.85. The predicted octanol–water partition coefficient (Wildman–Crippen LogP) is 7.23.